The van der Waals surface area contributed by atoms with E-state index in [9.17, 15) is 0 Å². The molecule has 9 heavy (non-hydrogen) atoms. The second-order valence-electron chi connectivity index (χ2n) is 2.20. The highest BCUT2D eigenvalue weighted by molar-refractivity contribution is 14.1. The predicted octanol–water partition coefficient (Wildman–Crippen LogP) is 3.27. The van der Waals surface area contributed by atoms with Gasteiger partial charge in [-0.3, -0.25) is 0 Å². The second kappa shape index (κ2) is 3.19. The maximum absolute atomic E-state index is 3.59. The van der Waals surface area contributed by atoms with Gasteiger partial charge in [0.2, 0.25) is 0 Å². The fraction of sp³-hybridized carbons (Fsp3) is 0.429. The molecule has 0 bridgehead atoms. The molecule has 0 radical (unpaired) electrons. The lowest BCUT2D eigenvalue weighted by atomic mass is 10.0. The molecular weight excluding hydrogens is 291 g/mol. The van der Waals surface area contributed by atoms with E-state index in [-0.39, 0.29) is 0 Å². The van der Waals surface area contributed by atoms with Crippen LogP contribution in [-0.4, -0.2) is 4.83 Å². The summed E-state index contributed by atoms with van der Waals surface area (Å²) in [6, 6.07) is 0. The molecule has 2 unspecified atom stereocenters. The largest absolute Gasteiger partial charge is 0.0827 e. The van der Waals surface area contributed by atoms with Crippen LogP contribution in [0.3, 0.4) is 0 Å². The lowest BCUT2D eigenvalue weighted by Crippen LogP contribution is -2.10. The third kappa shape index (κ3) is 1.80. The van der Waals surface area contributed by atoms with Crippen LogP contribution in [0.1, 0.15) is 6.92 Å². The second-order valence-corrected chi connectivity index (χ2v) is 4.43. The van der Waals surface area contributed by atoms with Crippen molar-refractivity contribution >= 4 is 38.5 Å². The summed E-state index contributed by atoms with van der Waals surface area (Å²) >= 11 is 5.95. The van der Waals surface area contributed by atoms with Crippen LogP contribution in [0.25, 0.3) is 0 Å². The van der Waals surface area contributed by atoms with Gasteiger partial charge in [-0.2, -0.15) is 0 Å². The van der Waals surface area contributed by atoms with Gasteiger partial charge in [-0.1, -0.05) is 41.1 Å². The van der Waals surface area contributed by atoms with Crippen molar-refractivity contribution in [2.75, 3.05) is 0 Å². The summed E-state index contributed by atoms with van der Waals surface area (Å²) in [5.74, 6) is 0.641. The van der Waals surface area contributed by atoms with E-state index >= 15 is 0 Å². The number of halogens is 2. The minimum absolute atomic E-state index is 0.545. The van der Waals surface area contributed by atoms with Crippen LogP contribution in [0.2, 0.25) is 0 Å². The van der Waals surface area contributed by atoms with Gasteiger partial charge in [0.05, 0.1) is 4.83 Å². The first-order valence-corrected chi connectivity index (χ1v) is 4.89. The molecule has 50 valence electrons. The maximum atomic E-state index is 3.59. The molecule has 1 aliphatic rings. The fourth-order valence-corrected chi connectivity index (χ4v) is 1.87. The first kappa shape index (κ1) is 7.79. The summed E-state index contributed by atoms with van der Waals surface area (Å²) in [5.41, 5.74) is 0. The number of rotatable bonds is 0. The summed E-state index contributed by atoms with van der Waals surface area (Å²) in [6.07, 6.45) is 6.46. The van der Waals surface area contributed by atoms with E-state index in [2.05, 4.69) is 63.7 Å². The molecule has 0 aromatic rings. The molecule has 1 rings (SSSR count). The summed E-state index contributed by atoms with van der Waals surface area (Å²) in [5, 5.41) is 0. The van der Waals surface area contributed by atoms with Gasteiger partial charge in [0.25, 0.3) is 0 Å². The fourth-order valence-electron chi connectivity index (χ4n) is 0.763. The third-order valence-corrected chi connectivity index (χ3v) is 4.61. The summed E-state index contributed by atoms with van der Waals surface area (Å²) < 4.78 is 1.39. The van der Waals surface area contributed by atoms with E-state index in [1.807, 2.05) is 0 Å². The van der Waals surface area contributed by atoms with E-state index in [1.165, 1.54) is 3.58 Å². The molecule has 0 nitrogen and oxygen atoms in total. The van der Waals surface area contributed by atoms with Crippen LogP contribution in [0.4, 0.5) is 0 Å². The van der Waals surface area contributed by atoms with Crippen molar-refractivity contribution in [3.8, 4) is 0 Å². The highest BCUT2D eigenvalue weighted by Gasteiger charge is 2.15. The van der Waals surface area contributed by atoms with Crippen molar-refractivity contribution in [1.29, 1.82) is 0 Å². The molecule has 0 saturated carbocycles. The van der Waals surface area contributed by atoms with Gasteiger partial charge >= 0.3 is 0 Å². The van der Waals surface area contributed by atoms with Crippen LogP contribution in [0, 0.1) is 5.92 Å². The molecule has 0 N–H and O–H groups in total. The van der Waals surface area contributed by atoms with Crippen molar-refractivity contribution in [2.45, 2.75) is 11.8 Å². The Morgan fingerprint density at radius 3 is 2.78 bits per heavy atom. The van der Waals surface area contributed by atoms with E-state index in [4.69, 9.17) is 0 Å². The first-order chi connectivity index (χ1) is 4.22. The van der Waals surface area contributed by atoms with Gasteiger partial charge in [-0.25, -0.2) is 0 Å². The number of allylic oxidation sites excluding steroid dienone is 4. The normalized spacial score (nSPS) is 34.3. The smallest absolute Gasteiger partial charge is 0.0513 e. The number of hydrogen-bond acceptors (Lipinski definition) is 0. The lowest BCUT2D eigenvalue weighted by molar-refractivity contribution is 0.759. The maximum Gasteiger partial charge on any atom is 0.0513 e. The zero-order valence-corrected chi connectivity index (χ0v) is 8.89. The highest BCUT2D eigenvalue weighted by Crippen LogP contribution is 2.29. The van der Waals surface area contributed by atoms with Crippen molar-refractivity contribution in [3.63, 3.8) is 0 Å². The zero-order valence-electron chi connectivity index (χ0n) is 5.14. The molecule has 0 aromatic heterocycles. The quantitative estimate of drug-likeness (QED) is 0.476. The number of hydrogen-bond donors (Lipinski definition) is 0. The Morgan fingerprint density at radius 1 is 1.67 bits per heavy atom. The Hall–Kier alpha value is 0.690. The van der Waals surface area contributed by atoms with Crippen molar-refractivity contribution in [3.05, 3.63) is 21.8 Å². The summed E-state index contributed by atoms with van der Waals surface area (Å²) in [6.45, 7) is 2.21. The highest BCUT2D eigenvalue weighted by atomic mass is 127. The van der Waals surface area contributed by atoms with Gasteiger partial charge in [-0.05, 0) is 28.5 Å². The average molecular weight is 299 g/mol. The molecule has 0 amide bonds. The molecule has 0 saturated heterocycles. The lowest BCUT2D eigenvalue weighted by Gasteiger charge is -2.16. The molecular formula is C7H8BrI. The summed E-state index contributed by atoms with van der Waals surface area (Å²) in [7, 11) is 0. The Balaban J connectivity index is 2.73. The van der Waals surface area contributed by atoms with E-state index < -0.39 is 0 Å². The van der Waals surface area contributed by atoms with Crippen molar-refractivity contribution in [2.24, 2.45) is 5.92 Å². The topological polar surface area (TPSA) is 0 Å². The van der Waals surface area contributed by atoms with Gasteiger partial charge in [-0.15, -0.1) is 0 Å². The summed E-state index contributed by atoms with van der Waals surface area (Å²) in [4.78, 5) is 0.545. The Bertz CT molecular complexity index is 160. The van der Waals surface area contributed by atoms with E-state index in [0.29, 0.717) is 10.7 Å². The third-order valence-electron chi connectivity index (χ3n) is 1.40. The van der Waals surface area contributed by atoms with Gasteiger partial charge in [0.1, 0.15) is 0 Å². The molecule has 1 aliphatic carbocycles. The van der Waals surface area contributed by atoms with E-state index in [1.54, 1.807) is 0 Å². The van der Waals surface area contributed by atoms with Gasteiger partial charge in [0, 0.05) is 3.58 Å². The van der Waals surface area contributed by atoms with Crippen LogP contribution < -0.4 is 0 Å². The Kier molecular flexibility index (Phi) is 2.76. The minimum Gasteiger partial charge on any atom is -0.0827 e. The van der Waals surface area contributed by atoms with Gasteiger partial charge < -0.3 is 0 Å². The molecule has 0 aliphatic heterocycles. The van der Waals surface area contributed by atoms with Crippen LogP contribution in [0.5, 0.6) is 0 Å². The minimum atomic E-state index is 0.545. The van der Waals surface area contributed by atoms with Gasteiger partial charge in [0.15, 0.2) is 0 Å². The first-order valence-electron chi connectivity index (χ1n) is 2.90. The average Bonchev–Trinajstić information content (AvgIpc) is 1.83. The molecule has 2 atom stereocenters. The Labute approximate surface area is 77.7 Å². The number of alkyl halides is 1. The molecule has 0 heterocycles. The van der Waals surface area contributed by atoms with Crippen LogP contribution >= 0.6 is 38.5 Å². The standard InChI is InChI=1S/C7H8BrI/c1-5-3-2-4-6(9)7(5)8/h2-5,7H,1H3. The molecule has 0 aromatic carbocycles. The molecule has 0 fully saturated rings. The predicted molar refractivity (Wildman–Crippen MR) is 53.1 cm³/mol. The zero-order chi connectivity index (χ0) is 6.85. The van der Waals surface area contributed by atoms with Crippen molar-refractivity contribution in [1.82, 2.24) is 0 Å². The SMILES string of the molecule is CC1C=CC=C(I)C1Br. The monoisotopic (exact) mass is 298 g/mol. The van der Waals surface area contributed by atoms with E-state index in [0.717, 1.165) is 0 Å². The molecule has 2 heteroatoms. The van der Waals surface area contributed by atoms with Crippen molar-refractivity contribution < 1.29 is 0 Å². The van der Waals surface area contributed by atoms with Crippen LogP contribution in [0.15, 0.2) is 21.8 Å². The Morgan fingerprint density at radius 2 is 2.33 bits per heavy atom. The van der Waals surface area contributed by atoms with Crippen LogP contribution in [-0.2, 0) is 0 Å². The molecule has 0 spiro atoms.